The van der Waals surface area contributed by atoms with E-state index in [4.69, 9.17) is 0 Å². The number of amides is 1. The van der Waals surface area contributed by atoms with E-state index in [1.807, 2.05) is 79.7 Å². The molecule has 0 bridgehead atoms. The van der Waals surface area contributed by atoms with Crippen LogP contribution in [-0.4, -0.2) is 25.2 Å². The number of aliphatic imine (C=N–C) groups is 1. The highest BCUT2D eigenvalue weighted by atomic mass is 32.2. The molecule has 1 saturated heterocycles. The molecule has 122 valence electrons. The van der Waals surface area contributed by atoms with Gasteiger partial charge in [-0.05, 0) is 41.1 Å². The Labute approximate surface area is 146 Å². The van der Waals surface area contributed by atoms with Crippen molar-refractivity contribution in [1.29, 1.82) is 0 Å². The summed E-state index contributed by atoms with van der Waals surface area (Å²) in [5.74, 6) is -0.0940. The standard InChI is InChI=1S/C19H19N3OS/c1-22(2)16-10-8-14(9-11-16)12-17-18(23)21-19(24-17)20-13-15-6-4-3-5-7-15/h3-12H,13H2,1-2H3,(H,20,21,23)/b17-12+. The van der Waals surface area contributed by atoms with Crippen molar-refractivity contribution in [3.8, 4) is 0 Å². The summed E-state index contributed by atoms with van der Waals surface area (Å²) < 4.78 is 0. The summed E-state index contributed by atoms with van der Waals surface area (Å²) in [4.78, 5) is 19.3. The average Bonchev–Trinajstić information content (AvgIpc) is 2.94. The highest BCUT2D eigenvalue weighted by Crippen LogP contribution is 2.26. The fourth-order valence-corrected chi connectivity index (χ4v) is 3.09. The molecule has 4 nitrogen and oxygen atoms in total. The zero-order chi connectivity index (χ0) is 16.9. The largest absolute Gasteiger partial charge is 0.378 e. The molecular weight excluding hydrogens is 318 g/mol. The molecule has 5 heteroatoms. The minimum atomic E-state index is -0.0940. The molecule has 1 amide bonds. The third-order valence-corrected chi connectivity index (χ3v) is 4.55. The van der Waals surface area contributed by atoms with E-state index in [0.717, 1.165) is 16.8 Å². The van der Waals surface area contributed by atoms with Crippen LogP contribution in [0.5, 0.6) is 0 Å². The summed E-state index contributed by atoms with van der Waals surface area (Å²) in [7, 11) is 4.01. The van der Waals surface area contributed by atoms with Gasteiger partial charge in [-0.3, -0.25) is 9.79 Å². The van der Waals surface area contributed by atoms with Gasteiger partial charge in [-0.1, -0.05) is 42.5 Å². The Hall–Kier alpha value is -2.53. The van der Waals surface area contributed by atoms with E-state index < -0.39 is 0 Å². The molecule has 0 saturated carbocycles. The van der Waals surface area contributed by atoms with Crippen LogP contribution in [0.25, 0.3) is 6.08 Å². The van der Waals surface area contributed by atoms with Gasteiger partial charge in [0.2, 0.25) is 0 Å². The molecule has 24 heavy (non-hydrogen) atoms. The Morgan fingerprint density at radius 1 is 1.08 bits per heavy atom. The number of carbonyl (C=O) groups is 1. The maximum absolute atomic E-state index is 12.1. The molecule has 3 rings (SSSR count). The molecule has 0 aliphatic carbocycles. The first-order valence-corrected chi connectivity index (χ1v) is 8.50. The predicted molar refractivity (Wildman–Crippen MR) is 102 cm³/mol. The number of thioether (sulfide) groups is 1. The topological polar surface area (TPSA) is 44.7 Å². The summed E-state index contributed by atoms with van der Waals surface area (Å²) in [6.45, 7) is 0.564. The first-order chi connectivity index (χ1) is 11.6. The Morgan fingerprint density at radius 2 is 1.79 bits per heavy atom. The quantitative estimate of drug-likeness (QED) is 0.868. The van der Waals surface area contributed by atoms with Crippen molar-refractivity contribution in [3.63, 3.8) is 0 Å². The van der Waals surface area contributed by atoms with E-state index in [9.17, 15) is 4.79 Å². The number of nitrogens with zero attached hydrogens (tertiary/aromatic N) is 2. The van der Waals surface area contributed by atoms with Crippen molar-refractivity contribution in [1.82, 2.24) is 5.32 Å². The van der Waals surface area contributed by atoms with Crippen LogP contribution in [0.4, 0.5) is 5.69 Å². The van der Waals surface area contributed by atoms with Gasteiger partial charge < -0.3 is 10.2 Å². The minimum absolute atomic E-state index is 0.0940. The fraction of sp³-hybridized carbons (Fsp3) is 0.158. The van der Waals surface area contributed by atoms with Gasteiger partial charge in [0.05, 0.1) is 11.4 Å². The number of hydrogen-bond acceptors (Lipinski definition) is 4. The van der Waals surface area contributed by atoms with Gasteiger partial charge in [-0.25, -0.2) is 0 Å². The molecule has 1 aliphatic heterocycles. The van der Waals surface area contributed by atoms with Crippen LogP contribution in [0.2, 0.25) is 0 Å². The van der Waals surface area contributed by atoms with Gasteiger partial charge in [0.15, 0.2) is 5.17 Å². The summed E-state index contributed by atoms with van der Waals surface area (Å²) in [6.07, 6.45) is 1.89. The number of hydrogen-bond donors (Lipinski definition) is 1. The minimum Gasteiger partial charge on any atom is -0.378 e. The first-order valence-electron chi connectivity index (χ1n) is 7.68. The average molecular weight is 337 g/mol. The van der Waals surface area contributed by atoms with Crippen LogP contribution in [0.1, 0.15) is 11.1 Å². The number of anilines is 1. The lowest BCUT2D eigenvalue weighted by molar-refractivity contribution is -0.115. The highest BCUT2D eigenvalue weighted by Gasteiger charge is 2.23. The van der Waals surface area contributed by atoms with Gasteiger partial charge in [0.25, 0.3) is 5.91 Å². The van der Waals surface area contributed by atoms with Crippen molar-refractivity contribution in [2.75, 3.05) is 19.0 Å². The zero-order valence-electron chi connectivity index (χ0n) is 13.7. The summed E-state index contributed by atoms with van der Waals surface area (Å²) in [5.41, 5.74) is 3.25. The number of benzene rings is 2. The predicted octanol–water partition coefficient (Wildman–Crippen LogP) is 3.51. The SMILES string of the molecule is CN(C)c1ccc(/C=C2/SC(=NCc3ccccc3)NC2=O)cc1. The first kappa shape index (κ1) is 16.3. The molecule has 1 aliphatic rings. The number of rotatable bonds is 4. The van der Waals surface area contributed by atoms with Crippen LogP contribution in [0, 0.1) is 0 Å². The second-order valence-corrected chi connectivity index (χ2v) is 6.69. The van der Waals surface area contributed by atoms with Crippen molar-refractivity contribution >= 4 is 34.6 Å². The summed E-state index contributed by atoms with van der Waals surface area (Å²) >= 11 is 1.38. The Morgan fingerprint density at radius 3 is 2.46 bits per heavy atom. The summed E-state index contributed by atoms with van der Waals surface area (Å²) in [6, 6.07) is 18.1. The van der Waals surface area contributed by atoms with Crippen LogP contribution >= 0.6 is 11.8 Å². The van der Waals surface area contributed by atoms with E-state index >= 15 is 0 Å². The van der Waals surface area contributed by atoms with E-state index in [0.29, 0.717) is 16.6 Å². The fourth-order valence-electron chi connectivity index (χ4n) is 2.27. The monoisotopic (exact) mass is 337 g/mol. The normalized spacial score (nSPS) is 17.3. The van der Waals surface area contributed by atoms with Gasteiger partial charge in [-0.2, -0.15) is 0 Å². The van der Waals surface area contributed by atoms with E-state index in [1.54, 1.807) is 0 Å². The van der Waals surface area contributed by atoms with Crippen LogP contribution in [0.3, 0.4) is 0 Å². The Kier molecular flexibility index (Phi) is 5.01. The smallest absolute Gasteiger partial charge is 0.264 e. The lowest BCUT2D eigenvalue weighted by Gasteiger charge is -2.11. The molecule has 1 fully saturated rings. The third kappa shape index (κ3) is 4.06. The van der Waals surface area contributed by atoms with Crippen LogP contribution < -0.4 is 10.2 Å². The molecule has 0 spiro atoms. The number of carbonyl (C=O) groups excluding carboxylic acids is 1. The van der Waals surface area contributed by atoms with Crippen molar-refractivity contribution in [3.05, 3.63) is 70.6 Å². The maximum atomic E-state index is 12.1. The van der Waals surface area contributed by atoms with Crippen molar-refractivity contribution < 1.29 is 4.79 Å². The van der Waals surface area contributed by atoms with E-state index in [1.165, 1.54) is 11.8 Å². The van der Waals surface area contributed by atoms with E-state index in [2.05, 4.69) is 10.3 Å². The Balaban J connectivity index is 1.70. The van der Waals surface area contributed by atoms with Gasteiger partial charge >= 0.3 is 0 Å². The highest BCUT2D eigenvalue weighted by molar-refractivity contribution is 8.18. The van der Waals surface area contributed by atoms with E-state index in [-0.39, 0.29) is 5.91 Å². The molecule has 1 N–H and O–H groups in total. The molecule has 1 heterocycles. The second kappa shape index (κ2) is 7.36. The molecule has 2 aromatic carbocycles. The zero-order valence-corrected chi connectivity index (χ0v) is 14.5. The second-order valence-electron chi connectivity index (χ2n) is 5.66. The molecular formula is C19H19N3OS. The Bertz CT molecular complexity index is 780. The molecule has 0 unspecified atom stereocenters. The van der Waals surface area contributed by atoms with Crippen LogP contribution in [-0.2, 0) is 11.3 Å². The lowest BCUT2D eigenvalue weighted by atomic mass is 10.2. The van der Waals surface area contributed by atoms with Gasteiger partial charge in [0, 0.05) is 19.8 Å². The van der Waals surface area contributed by atoms with Crippen molar-refractivity contribution in [2.45, 2.75) is 6.54 Å². The number of amidine groups is 1. The van der Waals surface area contributed by atoms with Crippen LogP contribution in [0.15, 0.2) is 64.5 Å². The maximum Gasteiger partial charge on any atom is 0.264 e. The number of nitrogens with one attached hydrogen (secondary N) is 1. The van der Waals surface area contributed by atoms with Gasteiger partial charge in [0.1, 0.15) is 0 Å². The lowest BCUT2D eigenvalue weighted by Crippen LogP contribution is -2.19. The van der Waals surface area contributed by atoms with Gasteiger partial charge in [-0.15, -0.1) is 0 Å². The molecule has 0 atom stereocenters. The molecule has 0 radical (unpaired) electrons. The third-order valence-electron chi connectivity index (χ3n) is 3.61. The molecule has 0 aromatic heterocycles. The summed E-state index contributed by atoms with van der Waals surface area (Å²) in [5, 5.41) is 3.47. The van der Waals surface area contributed by atoms with Crippen molar-refractivity contribution in [2.24, 2.45) is 4.99 Å². The molecule has 2 aromatic rings.